The minimum Gasteiger partial charge on any atom is -0.370 e. The predicted molar refractivity (Wildman–Crippen MR) is 67.6 cm³/mol. The lowest BCUT2D eigenvalue weighted by atomic mass is 10.1. The molecule has 0 spiro atoms. The second-order valence-electron chi connectivity index (χ2n) is 5.13. The summed E-state index contributed by atoms with van der Waals surface area (Å²) in [5, 5.41) is 3.45. The van der Waals surface area contributed by atoms with Gasteiger partial charge in [0.1, 0.15) is 5.82 Å². The van der Waals surface area contributed by atoms with E-state index in [4.69, 9.17) is 0 Å². The molecule has 0 aliphatic carbocycles. The molecule has 0 bridgehead atoms. The lowest BCUT2D eigenvalue weighted by Crippen LogP contribution is -2.42. The molecule has 1 N–H and O–H groups in total. The molecule has 3 nitrogen and oxygen atoms in total. The van der Waals surface area contributed by atoms with E-state index in [2.05, 4.69) is 29.0 Å². The average molecular weight is 237 g/mol. The Morgan fingerprint density at radius 3 is 2.47 bits per heavy atom. The summed E-state index contributed by atoms with van der Waals surface area (Å²) in [6.45, 7) is 8.35. The summed E-state index contributed by atoms with van der Waals surface area (Å²) < 4.78 is 13.2. The van der Waals surface area contributed by atoms with Crippen LogP contribution in [0.25, 0.3) is 0 Å². The van der Waals surface area contributed by atoms with Crippen molar-refractivity contribution in [1.29, 1.82) is 0 Å². The molecular formula is C13H20FN3. The van der Waals surface area contributed by atoms with Gasteiger partial charge in [0, 0.05) is 19.2 Å². The third-order valence-electron chi connectivity index (χ3n) is 3.11. The first kappa shape index (κ1) is 12.3. The molecule has 2 atom stereocenters. The van der Waals surface area contributed by atoms with Crippen LogP contribution in [0.3, 0.4) is 0 Å². The summed E-state index contributed by atoms with van der Waals surface area (Å²) in [5.74, 6) is 0.861. The van der Waals surface area contributed by atoms with Crippen LogP contribution in [0, 0.1) is 17.7 Å². The van der Waals surface area contributed by atoms with Crippen LogP contribution >= 0.6 is 0 Å². The van der Waals surface area contributed by atoms with Crippen molar-refractivity contribution >= 4 is 5.69 Å². The van der Waals surface area contributed by atoms with Crippen LogP contribution in [0.15, 0.2) is 18.5 Å². The molecule has 0 saturated carbocycles. The van der Waals surface area contributed by atoms with Crippen LogP contribution in [0.1, 0.15) is 13.8 Å². The van der Waals surface area contributed by atoms with Gasteiger partial charge in [-0.1, -0.05) is 13.8 Å². The van der Waals surface area contributed by atoms with E-state index in [1.165, 1.54) is 6.20 Å². The highest BCUT2D eigenvalue weighted by atomic mass is 19.1. The van der Waals surface area contributed by atoms with Gasteiger partial charge in [-0.2, -0.15) is 0 Å². The van der Waals surface area contributed by atoms with Gasteiger partial charge in [-0.3, -0.25) is 4.98 Å². The maximum atomic E-state index is 13.2. The largest absolute Gasteiger partial charge is 0.370 e. The summed E-state index contributed by atoms with van der Waals surface area (Å²) in [4.78, 5) is 6.17. The molecule has 1 aromatic rings. The van der Waals surface area contributed by atoms with E-state index in [1.807, 2.05) is 0 Å². The van der Waals surface area contributed by atoms with E-state index in [-0.39, 0.29) is 5.82 Å². The SMILES string of the molecule is CC1CNCC(C)CN(c2cncc(F)c2)C1. The molecule has 0 amide bonds. The highest BCUT2D eigenvalue weighted by Gasteiger charge is 2.18. The van der Waals surface area contributed by atoms with Crippen molar-refractivity contribution in [2.75, 3.05) is 31.1 Å². The molecular weight excluding hydrogens is 217 g/mol. The fourth-order valence-electron chi connectivity index (χ4n) is 2.32. The number of nitrogens with one attached hydrogen (secondary N) is 1. The van der Waals surface area contributed by atoms with Gasteiger partial charge in [-0.05, 0) is 24.9 Å². The van der Waals surface area contributed by atoms with Crippen molar-refractivity contribution < 1.29 is 4.39 Å². The summed E-state index contributed by atoms with van der Waals surface area (Å²) in [6, 6.07) is 1.57. The Bertz CT molecular complexity index is 357. The first-order valence-corrected chi connectivity index (χ1v) is 6.21. The molecule has 17 heavy (non-hydrogen) atoms. The van der Waals surface area contributed by atoms with Gasteiger partial charge in [-0.15, -0.1) is 0 Å². The van der Waals surface area contributed by atoms with Gasteiger partial charge in [0.2, 0.25) is 0 Å². The van der Waals surface area contributed by atoms with Crippen molar-refractivity contribution in [1.82, 2.24) is 10.3 Å². The van der Waals surface area contributed by atoms with Crippen molar-refractivity contribution in [2.24, 2.45) is 11.8 Å². The number of nitrogens with zero attached hydrogens (tertiary/aromatic N) is 2. The Morgan fingerprint density at radius 2 is 1.88 bits per heavy atom. The Labute approximate surface area is 102 Å². The van der Waals surface area contributed by atoms with Crippen LogP contribution in [0.5, 0.6) is 0 Å². The number of rotatable bonds is 1. The molecule has 94 valence electrons. The van der Waals surface area contributed by atoms with Crippen molar-refractivity contribution in [3.8, 4) is 0 Å². The third kappa shape index (κ3) is 3.40. The topological polar surface area (TPSA) is 28.2 Å². The summed E-state index contributed by atoms with van der Waals surface area (Å²) in [5.41, 5.74) is 0.894. The maximum Gasteiger partial charge on any atom is 0.143 e. The molecule has 1 saturated heterocycles. The standard InChI is InChI=1S/C13H20FN3/c1-10-4-15-5-11(2)9-17(8-10)13-3-12(14)6-16-7-13/h3,6-7,10-11,15H,4-5,8-9H2,1-2H3. The fourth-order valence-corrected chi connectivity index (χ4v) is 2.32. The Hall–Kier alpha value is -1.16. The van der Waals surface area contributed by atoms with Gasteiger partial charge in [0.05, 0.1) is 18.1 Å². The number of halogens is 1. The smallest absolute Gasteiger partial charge is 0.143 e. The quantitative estimate of drug-likeness (QED) is 0.808. The van der Waals surface area contributed by atoms with Crippen molar-refractivity contribution in [3.05, 3.63) is 24.3 Å². The molecule has 0 radical (unpaired) electrons. The van der Waals surface area contributed by atoms with Crippen molar-refractivity contribution in [2.45, 2.75) is 13.8 Å². The lowest BCUT2D eigenvalue weighted by Gasteiger charge is -2.33. The number of pyridine rings is 1. The molecule has 1 fully saturated rings. The van der Waals surface area contributed by atoms with E-state index in [0.717, 1.165) is 31.9 Å². The highest BCUT2D eigenvalue weighted by Crippen LogP contribution is 2.18. The van der Waals surface area contributed by atoms with Gasteiger partial charge >= 0.3 is 0 Å². The lowest BCUT2D eigenvalue weighted by molar-refractivity contribution is 0.410. The first-order chi connectivity index (χ1) is 8.15. The number of aromatic nitrogens is 1. The summed E-state index contributed by atoms with van der Waals surface area (Å²) in [6.07, 6.45) is 3.00. The zero-order valence-corrected chi connectivity index (χ0v) is 10.5. The summed E-state index contributed by atoms with van der Waals surface area (Å²) >= 11 is 0. The van der Waals surface area contributed by atoms with Crippen LogP contribution in [0.2, 0.25) is 0 Å². The summed E-state index contributed by atoms with van der Waals surface area (Å²) in [7, 11) is 0. The molecule has 1 aromatic heterocycles. The second kappa shape index (κ2) is 5.45. The zero-order valence-electron chi connectivity index (χ0n) is 10.5. The van der Waals surface area contributed by atoms with E-state index >= 15 is 0 Å². The highest BCUT2D eigenvalue weighted by molar-refractivity contribution is 5.44. The molecule has 4 heteroatoms. The Balaban J connectivity index is 2.15. The Kier molecular flexibility index (Phi) is 3.94. The van der Waals surface area contributed by atoms with E-state index in [0.29, 0.717) is 11.8 Å². The van der Waals surface area contributed by atoms with Crippen LogP contribution in [-0.4, -0.2) is 31.2 Å². The van der Waals surface area contributed by atoms with Crippen molar-refractivity contribution in [3.63, 3.8) is 0 Å². The van der Waals surface area contributed by atoms with E-state index in [1.54, 1.807) is 12.3 Å². The number of hydrogen-bond donors (Lipinski definition) is 1. The maximum absolute atomic E-state index is 13.2. The zero-order chi connectivity index (χ0) is 12.3. The molecule has 0 aromatic carbocycles. The van der Waals surface area contributed by atoms with Gasteiger partial charge in [0.15, 0.2) is 0 Å². The molecule has 1 aliphatic heterocycles. The third-order valence-corrected chi connectivity index (χ3v) is 3.11. The number of hydrogen-bond acceptors (Lipinski definition) is 3. The molecule has 2 heterocycles. The second-order valence-corrected chi connectivity index (χ2v) is 5.13. The normalized spacial score (nSPS) is 26.4. The van der Waals surface area contributed by atoms with Gasteiger partial charge < -0.3 is 10.2 Å². The number of anilines is 1. The molecule has 2 rings (SSSR count). The monoisotopic (exact) mass is 237 g/mol. The fraction of sp³-hybridized carbons (Fsp3) is 0.615. The van der Waals surface area contributed by atoms with Crippen LogP contribution in [0.4, 0.5) is 10.1 Å². The first-order valence-electron chi connectivity index (χ1n) is 6.21. The molecule has 1 aliphatic rings. The van der Waals surface area contributed by atoms with E-state index in [9.17, 15) is 4.39 Å². The van der Waals surface area contributed by atoms with E-state index < -0.39 is 0 Å². The Morgan fingerprint density at radius 1 is 1.24 bits per heavy atom. The minimum atomic E-state index is -0.261. The minimum absolute atomic E-state index is 0.261. The van der Waals surface area contributed by atoms with Crippen LogP contribution < -0.4 is 10.2 Å². The average Bonchev–Trinajstić information content (AvgIpc) is 2.26. The predicted octanol–water partition coefficient (Wildman–Crippen LogP) is 1.90. The molecule has 2 unspecified atom stereocenters. The van der Waals surface area contributed by atoms with Gasteiger partial charge in [-0.25, -0.2) is 4.39 Å². The van der Waals surface area contributed by atoms with Gasteiger partial charge in [0.25, 0.3) is 0 Å². The van der Waals surface area contributed by atoms with Crippen LogP contribution in [-0.2, 0) is 0 Å².